The number of benzene rings is 2. The van der Waals surface area contributed by atoms with Gasteiger partial charge in [0.25, 0.3) is 0 Å². The van der Waals surface area contributed by atoms with Crippen LogP contribution in [-0.4, -0.2) is 45.1 Å². The first kappa shape index (κ1) is 36.1. The summed E-state index contributed by atoms with van der Waals surface area (Å²) in [5.74, 6) is 1.55. The van der Waals surface area contributed by atoms with Crippen LogP contribution in [0.15, 0.2) is 54.6 Å². The van der Waals surface area contributed by atoms with Crippen molar-refractivity contribution in [3.05, 3.63) is 77.0 Å². The van der Waals surface area contributed by atoms with Crippen molar-refractivity contribution in [2.24, 2.45) is 0 Å². The summed E-state index contributed by atoms with van der Waals surface area (Å²) in [5.41, 5.74) is 8.67. The molecule has 5 rings (SSSR count). The first-order valence-corrected chi connectivity index (χ1v) is 20.2. The van der Waals surface area contributed by atoms with Crippen molar-refractivity contribution in [2.45, 2.75) is 122 Å². The van der Waals surface area contributed by atoms with Crippen molar-refractivity contribution in [2.75, 3.05) is 19.8 Å². The summed E-state index contributed by atoms with van der Waals surface area (Å²) < 4.78 is 25.6. The van der Waals surface area contributed by atoms with E-state index in [1.807, 2.05) is 13.0 Å². The fourth-order valence-electron chi connectivity index (χ4n) is 8.20. The molecule has 0 unspecified atom stereocenters. The average Bonchev–Trinajstić information content (AvgIpc) is 3.67. The van der Waals surface area contributed by atoms with Crippen LogP contribution in [0.2, 0.25) is 16.6 Å². The smallest absolute Gasteiger partial charge is 0.220 e. The predicted octanol–water partition coefficient (Wildman–Crippen LogP) is 9.44. The van der Waals surface area contributed by atoms with Crippen molar-refractivity contribution in [1.82, 2.24) is 10.3 Å². The van der Waals surface area contributed by atoms with E-state index in [0.717, 1.165) is 54.9 Å². The zero-order valence-electron chi connectivity index (χ0n) is 30.3. The SMILES string of the molecule is CCO[C@@H](CCO[Si](C(C)C)(C(C)C)C(C)C)c1ccc(O[C@@H]2CCc3c(-c4ccc(OC[C@H]5CCC(=O)N5)nc4C)cccc32)cc1. The van der Waals surface area contributed by atoms with Gasteiger partial charge in [0, 0.05) is 37.0 Å². The van der Waals surface area contributed by atoms with Crippen molar-refractivity contribution in [1.29, 1.82) is 0 Å². The summed E-state index contributed by atoms with van der Waals surface area (Å²) in [4.78, 5) is 16.3. The van der Waals surface area contributed by atoms with Crippen LogP contribution in [0.4, 0.5) is 0 Å². The Labute approximate surface area is 289 Å². The van der Waals surface area contributed by atoms with Crippen molar-refractivity contribution >= 4 is 14.2 Å². The van der Waals surface area contributed by atoms with Crippen molar-refractivity contribution in [3.63, 3.8) is 0 Å². The molecule has 1 fully saturated rings. The highest BCUT2D eigenvalue weighted by Gasteiger charge is 2.45. The number of ether oxygens (including phenoxy) is 3. The highest BCUT2D eigenvalue weighted by molar-refractivity contribution is 6.77. The number of nitrogens with zero attached hydrogens (tertiary/aromatic N) is 1. The molecule has 0 saturated carbocycles. The number of pyridine rings is 1. The van der Waals surface area contributed by atoms with Gasteiger partial charge in [-0.1, -0.05) is 71.9 Å². The van der Waals surface area contributed by atoms with Gasteiger partial charge in [-0.15, -0.1) is 0 Å². The van der Waals surface area contributed by atoms with E-state index in [2.05, 4.69) is 102 Å². The van der Waals surface area contributed by atoms with E-state index < -0.39 is 8.32 Å². The molecule has 8 heteroatoms. The van der Waals surface area contributed by atoms with Crippen LogP contribution in [0, 0.1) is 6.92 Å². The Hall–Kier alpha value is -3.20. The number of nitrogens with one attached hydrogen (secondary N) is 1. The molecule has 1 aliphatic carbocycles. The van der Waals surface area contributed by atoms with E-state index in [1.165, 1.54) is 16.7 Å². The number of aromatic nitrogens is 1. The van der Waals surface area contributed by atoms with Gasteiger partial charge in [-0.3, -0.25) is 4.79 Å². The van der Waals surface area contributed by atoms with Crippen LogP contribution in [-0.2, 0) is 20.4 Å². The summed E-state index contributed by atoms with van der Waals surface area (Å²) in [6, 6.07) is 19.1. The number of hydrogen-bond donors (Lipinski definition) is 1. The molecule has 0 spiro atoms. The Morgan fingerprint density at radius 3 is 2.25 bits per heavy atom. The zero-order chi connectivity index (χ0) is 34.4. The van der Waals surface area contributed by atoms with E-state index in [0.29, 0.717) is 42.1 Å². The fraction of sp³-hybridized carbons (Fsp3) is 0.550. The third-order valence-corrected chi connectivity index (χ3v) is 16.5. The molecule has 1 N–H and O–H groups in total. The number of carbonyl (C=O) groups is 1. The molecule has 260 valence electrons. The minimum absolute atomic E-state index is 0.000523. The van der Waals surface area contributed by atoms with E-state index in [9.17, 15) is 4.79 Å². The minimum atomic E-state index is -1.92. The van der Waals surface area contributed by atoms with Crippen molar-refractivity contribution in [3.8, 4) is 22.8 Å². The Kier molecular flexibility index (Phi) is 12.0. The standard InChI is InChI=1S/C40H56N2O5Si/c1-9-44-37(23-24-46-48(26(2)3,27(4)5)28(6)7)30-13-16-32(17-14-30)47-38-20-18-35-34(11-10-12-36(35)38)33-19-22-40(41-29(33)8)45-25-31-15-21-39(43)42-31/h10-14,16-17,19,22,26-28,31,37-38H,9,15,18,20-21,23-25H2,1-8H3,(H,42,43)/t31-,37+,38-/m1/s1. The van der Waals surface area contributed by atoms with Gasteiger partial charge in [0.2, 0.25) is 11.8 Å². The Morgan fingerprint density at radius 1 is 0.896 bits per heavy atom. The maximum atomic E-state index is 11.5. The second-order valence-corrected chi connectivity index (χ2v) is 19.8. The largest absolute Gasteiger partial charge is 0.486 e. The molecule has 2 heterocycles. The molecule has 2 aliphatic rings. The molecule has 3 aromatic rings. The molecule has 1 saturated heterocycles. The van der Waals surface area contributed by atoms with Crippen molar-refractivity contribution < 1.29 is 23.4 Å². The molecule has 1 aliphatic heterocycles. The van der Waals surface area contributed by atoms with Gasteiger partial charge in [0.05, 0.1) is 12.1 Å². The lowest BCUT2D eigenvalue weighted by Gasteiger charge is -2.42. The van der Waals surface area contributed by atoms with Gasteiger partial charge in [0.15, 0.2) is 8.32 Å². The monoisotopic (exact) mass is 672 g/mol. The normalized spacial score (nSPS) is 18.4. The number of carbonyl (C=O) groups excluding carboxylic acids is 1. The summed E-state index contributed by atoms with van der Waals surface area (Å²) in [5, 5.41) is 2.95. The topological polar surface area (TPSA) is 78.9 Å². The summed E-state index contributed by atoms with van der Waals surface area (Å²) in [7, 11) is -1.92. The number of amides is 1. The Balaban J connectivity index is 1.23. The zero-order valence-corrected chi connectivity index (χ0v) is 31.3. The van der Waals surface area contributed by atoms with E-state index in [1.54, 1.807) is 0 Å². The van der Waals surface area contributed by atoms with Crippen LogP contribution in [0.3, 0.4) is 0 Å². The summed E-state index contributed by atoms with van der Waals surface area (Å²) >= 11 is 0. The molecule has 3 atom stereocenters. The maximum absolute atomic E-state index is 11.5. The Bertz CT molecular complexity index is 1500. The molecule has 2 aromatic carbocycles. The average molecular weight is 673 g/mol. The number of rotatable bonds is 16. The molecule has 0 bridgehead atoms. The molecule has 0 radical (unpaired) electrons. The quantitative estimate of drug-likeness (QED) is 0.153. The van der Waals surface area contributed by atoms with Crippen LogP contribution in [0.1, 0.15) is 109 Å². The van der Waals surface area contributed by atoms with Crippen LogP contribution in [0.25, 0.3) is 11.1 Å². The summed E-state index contributed by atoms with van der Waals surface area (Å²) in [6.07, 6.45) is 4.09. The fourth-order valence-corrected chi connectivity index (χ4v) is 13.7. The molecular weight excluding hydrogens is 617 g/mol. The third kappa shape index (κ3) is 7.98. The minimum Gasteiger partial charge on any atom is -0.486 e. The van der Waals surface area contributed by atoms with Gasteiger partial charge in [-0.25, -0.2) is 4.98 Å². The predicted molar refractivity (Wildman–Crippen MR) is 195 cm³/mol. The highest BCUT2D eigenvalue weighted by atomic mass is 28.4. The maximum Gasteiger partial charge on any atom is 0.220 e. The molecule has 7 nitrogen and oxygen atoms in total. The van der Waals surface area contributed by atoms with Gasteiger partial charge < -0.3 is 24.0 Å². The number of hydrogen-bond acceptors (Lipinski definition) is 6. The number of fused-ring (bicyclic) bond motifs is 1. The lowest BCUT2D eigenvalue weighted by atomic mass is 9.96. The van der Waals surface area contributed by atoms with E-state index in [-0.39, 0.29) is 24.2 Å². The van der Waals surface area contributed by atoms with Gasteiger partial charge in [0.1, 0.15) is 18.5 Å². The van der Waals surface area contributed by atoms with E-state index in [4.69, 9.17) is 23.6 Å². The summed E-state index contributed by atoms with van der Waals surface area (Å²) in [6.45, 7) is 19.9. The van der Waals surface area contributed by atoms with Gasteiger partial charge in [-0.2, -0.15) is 0 Å². The molecule has 1 aromatic heterocycles. The first-order chi connectivity index (χ1) is 23.0. The van der Waals surface area contributed by atoms with Crippen LogP contribution < -0.4 is 14.8 Å². The van der Waals surface area contributed by atoms with Gasteiger partial charge >= 0.3 is 0 Å². The third-order valence-electron chi connectivity index (χ3n) is 10.4. The van der Waals surface area contributed by atoms with Crippen LogP contribution >= 0.6 is 0 Å². The first-order valence-electron chi connectivity index (χ1n) is 18.1. The number of aryl methyl sites for hydroxylation is 1. The molecule has 1 amide bonds. The molecular formula is C40H56N2O5Si. The second-order valence-electron chi connectivity index (χ2n) is 14.4. The lowest BCUT2D eigenvalue weighted by molar-refractivity contribution is -0.119. The highest BCUT2D eigenvalue weighted by Crippen LogP contribution is 2.43. The van der Waals surface area contributed by atoms with Crippen LogP contribution in [0.5, 0.6) is 11.6 Å². The molecule has 48 heavy (non-hydrogen) atoms. The lowest BCUT2D eigenvalue weighted by Crippen LogP contribution is -2.48. The second kappa shape index (κ2) is 16.0. The van der Waals surface area contributed by atoms with Gasteiger partial charge in [-0.05, 0) is 96.6 Å². The Morgan fingerprint density at radius 2 is 1.62 bits per heavy atom. The van der Waals surface area contributed by atoms with E-state index >= 15 is 0 Å².